The minimum Gasteiger partial charge on any atom is -0.465 e. The zero-order valence-corrected chi connectivity index (χ0v) is 50.7. The van der Waals surface area contributed by atoms with Crippen LogP contribution in [-0.4, -0.2) is 123 Å². The van der Waals surface area contributed by atoms with Crippen molar-refractivity contribution < 1.29 is 51.7 Å². The Balaban J connectivity index is 0.846. The number of carbonyl (C=O) groups is 6. The molecule has 5 amide bonds. The van der Waals surface area contributed by atoms with Crippen molar-refractivity contribution in [3.63, 3.8) is 0 Å². The number of hydrogen-bond donors (Lipinski definition) is 3. The number of likely N-dealkylation sites (tertiary alicyclic amines) is 2. The number of para-hydroxylation sites is 1. The van der Waals surface area contributed by atoms with Crippen molar-refractivity contribution in [2.75, 3.05) is 45.9 Å². The number of amides is 5. The van der Waals surface area contributed by atoms with Crippen molar-refractivity contribution in [1.29, 1.82) is 0 Å². The quantitative estimate of drug-likeness (QED) is 0.0392. The number of benzene rings is 4. The molecule has 6 aromatic rings. The van der Waals surface area contributed by atoms with E-state index in [1.807, 2.05) is 81.1 Å². The molecule has 4 aliphatic rings. The molecule has 10 rings (SSSR count). The summed E-state index contributed by atoms with van der Waals surface area (Å²) in [4.78, 5) is 102. The average Bonchev–Trinajstić information content (AvgIpc) is 3.75. The highest BCUT2D eigenvalue weighted by Gasteiger charge is 2.49. The molecule has 0 bridgehead atoms. The van der Waals surface area contributed by atoms with Gasteiger partial charge in [-0.2, -0.15) is 0 Å². The Morgan fingerprint density at radius 1 is 0.882 bits per heavy atom. The van der Waals surface area contributed by atoms with Gasteiger partial charge in [0.2, 0.25) is 29.5 Å². The second-order valence-corrected chi connectivity index (χ2v) is 27.2. The third kappa shape index (κ3) is 13.5. The fourth-order valence-corrected chi connectivity index (χ4v) is 15.2. The molecule has 1 unspecified atom stereocenters. The van der Waals surface area contributed by atoms with E-state index in [4.69, 9.17) is 14.0 Å². The summed E-state index contributed by atoms with van der Waals surface area (Å²) in [5.74, 6) is -4.53. The van der Waals surface area contributed by atoms with E-state index in [1.165, 1.54) is 35.8 Å². The molecule has 4 saturated heterocycles. The number of nitrogens with zero attached hydrogens (tertiary/aromatic N) is 5. The maximum absolute atomic E-state index is 16.9. The Morgan fingerprint density at radius 2 is 1.61 bits per heavy atom. The standard InChI is InChI=1S/C63H76FN8O11PS/c1-7-31-82-61(78)39(2)67-84(80,83-46-16-12-9-13-17-46)56(64)44-19-22-51-45(35-44)36-52(85-51)58(75)66-55(63(3,4)5)60(77)71-29-26-43(54(71)59(76)70-30-32-81-50(38-70)42-14-10-8-11-15-42)33-40-24-27-69(28-25-40)37-41-18-20-47-49(34-41)68(6)62(79)72(47)48-21-23-53(73)65-57(48)74/h8-20,22,34-36,39-40,43,48,50,54-56H,7,21,23-33,37-38H2,1-6H3,(H,66,75)(H,67,80)(H,65,73,74)/t39-,43-,48?,50-,54-,55+,56-,84-/m0/s1. The van der Waals surface area contributed by atoms with E-state index in [-0.39, 0.29) is 77.0 Å². The SMILES string of the molecule is CCCOC(=O)[C@H](C)N[P@@](=O)(Oc1ccccc1)[C@H](F)c1ccc2sc(C(=O)N[C@H](C(=O)N3CC[C@@H](CC4CCN(Cc5ccc6c(c5)n(C)c(=O)n6C5CCC(=O)NC5=O)CC4)[C@H]3C(=O)N3CCO[C@H](c4ccccc4)C3)C(C)(C)C)cc2c1. The Morgan fingerprint density at radius 3 is 2.32 bits per heavy atom. The molecule has 4 aromatic carbocycles. The normalized spacial score (nSPS) is 21.7. The Bertz CT molecular complexity index is 3560. The maximum Gasteiger partial charge on any atom is 0.355 e. The van der Waals surface area contributed by atoms with Gasteiger partial charge in [-0.05, 0) is 140 Å². The van der Waals surface area contributed by atoms with Crippen LogP contribution in [0.25, 0.3) is 21.1 Å². The van der Waals surface area contributed by atoms with E-state index in [1.54, 1.807) is 46.8 Å². The fourth-order valence-electron chi connectivity index (χ4n) is 12.4. The number of alkyl halides is 1. The number of piperidine rings is 2. The van der Waals surface area contributed by atoms with Gasteiger partial charge in [0, 0.05) is 37.8 Å². The van der Waals surface area contributed by atoms with Crippen LogP contribution in [0.2, 0.25) is 0 Å². The molecule has 0 aliphatic carbocycles. The first kappa shape index (κ1) is 61.1. The third-order valence-electron chi connectivity index (χ3n) is 16.9. The van der Waals surface area contributed by atoms with Crippen LogP contribution in [-0.2, 0) is 51.6 Å². The molecular formula is C63H76FN8O11PS. The lowest BCUT2D eigenvalue weighted by atomic mass is 9.82. The van der Waals surface area contributed by atoms with Gasteiger partial charge in [-0.1, -0.05) is 88.4 Å². The number of ether oxygens (including phenoxy) is 2. The van der Waals surface area contributed by atoms with Crippen LogP contribution in [0.3, 0.4) is 0 Å². The van der Waals surface area contributed by atoms with E-state index in [2.05, 4.69) is 20.6 Å². The van der Waals surface area contributed by atoms with Crippen LogP contribution < -0.4 is 25.9 Å². The molecule has 2 aromatic heterocycles. The number of aromatic nitrogens is 2. The number of imide groups is 1. The highest BCUT2D eigenvalue weighted by atomic mass is 32.1. The van der Waals surface area contributed by atoms with Crippen LogP contribution in [0.15, 0.2) is 108 Å². The monoisotopic (exact) mass is 1200 g/mol. The topological polar surface area (TPSA) is 220 Å². The van der Waals surface area contributed by atoms with Gasteiger partial charge in [0.05, 0.1) is 35.7 Å². The first-order valence-corrected chi connectivity index (χ1v) is 32.0. The maximum atomic E-state index is 16.9. The molecule has 4 fully saturated rings. The minimum absolute atomic E-state index is 0.00767. The van der Waals surface area contributed by atoms with Crippen molar-refractivity contribution >= 4 is 75.5 Å². The summed E-state index contributed by atoms with van der Waals surface area (Å²) in [5, 5.41) is 8.53. The fraction of sp³-hybridized carbons (Fsp3) is 0.476. The number of halogens is 1. The Hall–Kier alpha value is -7.03. The van der Waals surface area contributed by atoms with Crippen LogP contribution in [0, 0.1) is 17.3 Å². The zero-order valence-electron chi connectivity index (χ0n) is 49.0. The summed E-state index contributed by atoms with van der Waals surface area (Å²) < 4.78 is 52.4. The lowest BCUT2D eigenvalue weighted by Crippen LogP contribution is -2.59. The molecule has 3 N–H and O–H groups in total. The largest absolute Gasteiger partial charge is 0.465 e. The van der Waals surface area contributed by atoms with Gasteiger partial charge in [0.25, 0.3) is 5.91 Å². The highest BCUT2D eigenvalue weighted by molar-refractivity contribution is 7.57. The molecule has 452 valence electrons. The van der Waals surface area contributed by atoms with E-state index in [0.29, 0.717) is 66.7 Å². The Kier molecular flexibility index (Phi) is 18.6. The molecule has 0 spiro atoms. The van der Waals surface area contributed by atoms with Gasteiger partial charge in [-0.15, -0.1) is 11.3 Å². The average molecular weight is 1200 g/mol. The van der Waals surface area contributed by atoms with Crippen molar-refractivity contribution in [3.8, 4) is 5.75 Å². The molecule has 4 aliphatic heterocycles. The number of carbonyl (C=O) groups excluding carboxylic acids is 6. The number of imidazole rings is 1. The number of rotatable bonds is 19. The number of esters is 1. The molecule has 22 heteroatoms. The van der Waals surface area contributed by atoms with Crippen molar-refractivity contribution in [3.05, 3.63) is 135 Å². The summed E-state index contributed by atoms with van der Waals surface area (Å²) >= 11 is 1.16. The van der Waals surface area contributed by atoms with Crippen LogP contribution >= 0.6 is 18.9 Å². The molecular weight excluding hydrogens is 1130 g/mol. The molecule has 0 saturated carbocycles. The lowest BCUT2D eigenvalue weighted by Gasteiger charge is -2.40. The van der Waals surface area contributed by atoms with Gasteiger partial charge < -0.3 is 29.1 Å². The number of aryl methyl sites for hydroxylation is 1. The highest BCUT2D eigenvalue weighted by Crippen LogP contribution is 2.58. The summed E-state index contributed by atoms with van der Waals surface area (Å²) in [6.45, 7) is 12.6. The first-order chi connectivity index (χ1) is 40.7. The second kappa shape index (κ2) is 25.9. The van der Waals surface area contributed by atoms with Gasteiger partial charge in [0.1, 0.15) is 36.0 Å². The third-order valence-corrected chi connectivity index (χ3v) is 20.2. The Labute approximate surface area is 498 Å². The van der Waals surface area contributed by atoms with E-state index in [0.717, 1.165) is 54.8 Å². The molecule has 0 radical (unpaired) electrons. The summed E-state index contributed by atoms with van der Waals surface area (Å²) in [5.41, 5.74) is 2.20. The second-order valence-electron chi connectivity index (χ2n) is 24.1. The van der Waals surface area contributed by atoms with E-state index < -0.39 is 60.8 Å². The van der Waals surface area contributed by atoms with Gasteiger partial charge in [-0.3, -0.25) is 52.7 Å². The molecule has 85 heavy (non-hydrogen) atoms. The van der Waals surface area contributed by atoms with Crippen molar-refractivity contribution in [2.24, 2.45) is 24.3 Å². The van der Waals surface area contributed by atoms with Crippen molar-refractivity contribution in [1.82, 2.24) is 39.6 Å². The van der Waals surface area contributed by atoms with Crippen molar-refractivity contribution in [2.45, 2.75) is 122 Å². The predicted octanol–water partition coefficient (Wildman–Crippen LogP) is 8.97. The molecule has 19 nitrogen and oxygen atoms in total. The van der Waals surface area contributed by atoms with Crippen LogP contribution in [0.4, 0.5) is 4.39 Å². The molecule has 8 atom stereocenters. The van der Waals surface area contributed by atoms with E-state index in [9.17, 15) is 28.5 Å². The summed E-state index contributed by atoms with van der Waals surface area (Å²) in [7, 11) is -2.83. The predicted molar refractivity (Wildman–Crippen MR) is 321 cm³/mol. The summed E-state index contributed by atoms with van der Waals surface area (Å²) in [6, 6.07) is 26.2. The number of fused-ring (bicyclic) bond motifs is 2. The van der Waals surface area contributed by atoms with Gasteiger partial charge in [-0.25, -0.2) is 14.3 Å². The number of morpholine rings is 1. The lowest BCUT2D eigenvalue weighted by molar-refractivity contribution is -0.152. The van der Waals surface area contributed by atoms with Crippen LogP contribution in [0.1, 0.15) is 124 Å². The van der Waals surface area contributed by atoms with Crippen LogP contribution in [0.5, 0.6) is 5.75 Å². The van der Waals surface area contributed by atoms with Gasteiger partial charge in [0.15, 0.2) is 0 Å². The number of nitrogens with one attached hydrogen (secondary N) is 3. The smallest absolute Gasteiger partial charge is 0.355 e. The van der Waals surface area contributed by atoms with E-state index >= 15 is 14.0 Å². The molecule has 6 heterocycles. The zero-order chi connectivity index (χ0) is 60.3. The minimum atomic E-state index is -4.52. The number of thiophene rings is 1. The first-order valence-electron chi connectivity index (χ1n) is 29.5. The van der Waals surface area contributed by atoms with Gasteiger partial charge >= 0.3 is 19.2 Å². The summed E-state index contributed by atoms with van der Waals surface area (Å²) in [6.07, 6.45) is 3.73. The number of hydrogen-bond acceptors (Lipinski definition) is 13.